The topological polar surface area (TPSA) is 27.0 Å². The van der Waals surface area contributed by atoms with Gasteiger partial charge < -0.3 is 0 Å². The Morgan fingerprint density at radius 2 is 2.23 bits per heavy atom. The Morgan fingerprint density at radius 3 is 2.85 bits per heavy atom. The zero-order valence-electron chi connectivity index (χ0n) is 8.95. The third-order valence-corrected chi connectivity index (χ3v) is 3.23. The van der Waals surface area contributed by atoms with E-state index >= 15 is 0 Å². The van der Waals surface area contributed by atoms with E-state index in [1.165, 1.54) is 19.4 Å². The fourth-order valence-corrected chi connectivity index (χ4v) is 2.07. The van der Waals surface area contributed by atoms with Gasteiger partial charge in [-0.2, -0.15) is 5.26 Å². The quantitative estimate of drug-likeness (QED) is 0.652. The molecule has 2 nitrogen and oxygen atoms in total. The van der Waals surface area contributed by atoms with Crippen molar-refractivity contribution in [3.05, 3.63) is 0 Å². The van der Waals surface area contributed by atoms with Crippen molar-refractivity contribution in [3.63, 3.8) is 0 Å². The molecular weight excluding hydrogens is 160 g/mol. The van der Waals surface area contributed by atoms with E-state index in [0.717, 1.165) is 12.5 Å². The first kappa shape index (κ1) is 10.5. The summed E-state index contributed by atoms with van der Waals surface area (Å²) in [6, 6.07) is 2.96. The zero-order valence-corrected chi connectivity index (χ0v) is 8.95. The third-order valence-electron chi connectivity index (χ3n) is 3.23. The van der Waals surface area contributed by atoms with E-state index in [1.807, 2.05) is 6.92 Å². The first-order valence-electron chi connectivity index (χ1n) is 5.28. The molecule has 1 heterocycles. The second kappa shape index (κ2) is 4.62. The Kier molecular flexibility index (Phi) is 3.74. The lowest BCUT2D eigenvalue weighted by Gasteiger charge is -2.38. The minimum absolute atomic E-state index is 0.174. The van der Waals surface area contributed by atoms with Gasteiger partial charge in [0.05, 0.1) is 12.0 Å². The number of piperidine rings is 1. The molecular formula is C11H20N2. The highest BCUT2D eigenvalue weighted by molar-refractivity contribution is 4.86. The summed E-state index contributed by atoms with van der Waals surface area (Å²) < 4.78 is 0. The average molecular weight is 180 g/mol. The van der Waals surface area contributed by atoms with Crippen LogP contribution in [0.15, 0.2) is 0 Å². The van der Waals surface area contributed by atoms with E-state index in [4.69, 9.17) is 5.26 Å². The predicted octanol–water partition coefficient (Wildman–Crippen LogP) is 2.27. The van der Waals surface area contributed by atoms with Gasteiger partial charge in [0.2, 0.25) is 0 Å². The number of likely N-dealkylation sites (tertiary alicyclic amines) is 1. The van der Waals surface area contributed by atoms with E-state index < -0.39 is 0 Å². The molecule has 0 radical (unpaired) electrons. The fourth-order valence-electron chi connectivity index (χ4n) is 2.07. The van der Waals surface area contributed by atoms with Gasteiger partial charge in [0.1, 0.15) is 0 Å². The van der Waals surface area contributed by atoms with Crippen LogP contribution in [0.5, 0.6) is 0 Å². The lowest BCUT2D eigenvalue weighted by atomic mass is 9.91. The van der Waals surface area contributed by atoms with Crippen molar-refractivity contribution < 1.29 is 0 Å². The van der Waals surface area contributed by atoms with Crippen molar-refractivity contribution in [2.45, 2.75) is 39.7 Å². The third kappa shape index (κ3) is 2.70. The largest absolute Gasteiger partial charge is 0.299 e. The maximum absolute atomic E-state index is 8.74. The van der Waals surface area contributed by atoms with Gasteiger partial charge in [0, 0.05) is 12.6 Å². The second-order valence-corrected chi connectivity index (χ2v) is 4.39. The summed E-state index contributed by atoms with van der Waals surface area (Å²) in [5.74, 6) is 0.965. The Morgan fingerprint density at radius 1 is 1.54 bits per heavy atom. The van der Waals surface area contributed by atoms with Crippen LogP contribution in [0.2, 0.25) is 0 Å². The second-order valence-electron chi connectivity index (χ2n) is 4.39. The Labute approximate surface area is 81.5 Å². The summed E-state index contributed by atoms with van der Waals surface area (Å²) in [5.41, 5.74) is 0. The molecule has 2 heteroatoms. The Hall–Kier alpha value is -0.550. The van der Waals surface area contributed by atoms with E-state index in [-0.39, 0.29) is 5.92 Å². The molecule has 1 rings (SSSR count). The van der Waals surface area contributed by atoms with Crippen LogP contribution >= 0.6 is 0 Å². The minimum atomic E-state index is 0.174. The number of hydrogen-bond donors (Lipinski definition) is 0. The molecule has 0 aromatic heterocycles. The van der Waals surface area contributed by atoms with E-state index in [0.29, 0.717) is 6.04 Å². The summed E-state index contributed by atoms with van der Waals surface area (Å²) in [6.07, 6.45) is 2.64. The molecule has 1 aliphatic heterocycles. The molecule has 0 aromatic carbocycles. The molecule has 0 bridgehead atoms. The molecule has 0 aromatic rings. The standard InChI is InChI=1S/C11H20N2/c1-9(7-12)8-13-6-4-5-10(2)11(13)3/h9-11H,4-6,8H2,1-3H3. The average Bonchev–Trinajstić information content (AvgIpc) is 2.13. The van der Waals surface area contributed by atoms with Crippen molar-refractivity contribution in [1.29, 1.82) is 5.26 Å². The van der Waals surface area contributed by atoms with Gasteiger partial charge in [-0.05, 0) is 39.2 Å². The highest BCUT2D eigenvalue weighted by Crippen LogP contribution is 2.23. The van der Waals surface area contributed by atoms with Crippen molar-refractivity contribution in [1.82, 2.24) is 4.90 Å². The van der Waals surface area contributed by atoms with Crippen LogP contribution in [0, 0.1) is 23.2 Å². The van der Waals surface area contributed by atoms with Crippen molar-refractivity contribution in [2.75, 3.05) is 13.1 Å². The molecule has 0 amide bonds. The van der Waals surface area contributed by atoms with Crippen molar-refractivity contribution >= 4 is 0 Å². The van der Waals surface area contributed by atoms with Crippen LogP contribution in [0.25, 0.3) is 0 Å². The number of nitrogens with zero attached hydrogens (tertiary/aromatic N) is 2. The Balaban J connectivity index is 2.45. The molecule has 3 atom stereocenters. The van der Waals surface area contributed by atoms with Crippen LogP contribution in [0.3, 0.4) is 0 Å². The summed E-state index contributed by atoms with van der Waals surface area (Å²) in [5, 5.41) is 8.74. The molecule has 0 aliphatic carbocycles. The number of nitriles is 1. The number of hydrogen-bond acceptors (Lipinski definition) is 2. The Bertz CT molecular complexity index is 195. The highest BCUT2D eigenvalue weighted by Gasteiger charge is 2.25. The molecule has 13 heavy (non-hydrogen) atoms. The smallest absolute Gasteiger partial charge is 0.0666 e. The van der Waals surface area contributed by atoms with Gasteiger partial charge in [0.25, 0.3) is 0 Å². The van der Waals surface area contributed by atoms with Gasteiger partial charge in [0.15, 0.2) is 0 Å². The summed E-state index contributed by atoms with van der Waals surface area (Å²) in [4.78, 5) is 2.46. The lowest BCUT2D eigenvalue weighted by Crippen LogP contribution is -2.44. The monoisotopic (exact) mass is 180 g/mol. The van der Waals surface area contributed by atoms with Gasteiger partial charge in [-0.15, -0.1) is 0 Å². The SMILES string of the molecule is CC(C#N)CN1CCCC(C)C1C. The van der Waals surface area contributed by atoms with Gasteiger partial charge in [-0.25, -0.2) is 0 Å². The van der Waals surface area contributed by atoms with Crippen molar-refractivity contribution in [2.24, 2.45) is 11.8 Å². The number of rotatable bonds is 2. The molecule has 0 N–H and O–H groups in total. The van der Waals surface area contributed by atoms with E-state index in [1.54, 1.807) is 0 Å². The minimum Gasteiger partial charge on any atom is -0.299 e. The normalized spacial score (nSPS) is 32.5. The van der Waals surface area contributed by atoms with Crippen molar-refractivity contribution in [3.8, 4) is 6.07 Å². The molecule has 0 spiro atoms. The van der Waals surface area contributed by atoms with E-state index in [9.17, 15) is 0 Å². The van der Waals surface area contributed by atoms with Crippen LogP contribution < -0.4 is 0 Å². The van der Waals surface area contributed by atoms with Gasteiger partial charge >= 0.3 is 0 Å². The maximum atomic E-state index is 8.74. The zero-order chi connectivity index (χ0) is 9.84. The van der Waals surface area contributed by atoms with Crippen LogP contribution in [-0.2, 0) is 0 Å². The molecule has 1 aliphatic rings. The fraction of sp³-hybridized carbons (Fsp3) is 0.909. The van der Waals surface area contributed by atoms with Crippen LogP contribution in [-0.4, -0.2) is 24.0 Å². The molecule has 1 saturated heterocycles. The molecule has 3 unspecified atom stereocenters. The van der Waals surface area contributed by atoms with Crippen LogP contribution in [0.4, 0.5) is 0 Å². The predicted molar refractivity (Wildman–Crippen MR) is 54.2 cm³/mol. The maximum Gasteiger partial charge on any atom is 0.0666 e. The van der Waals surface area contributed by atoms with Gasteiger partial charge in [-0.3, -0.25) is 4.90 Å². The van der Waals surface area contributed by atoms with Gasteiger partial charge in [-0.1, -0.05) is 6.92 Å². The van der Waals surface area contributed by atoms with Crippen LogP contribution in [0.1, 0.15) is 33.6 Å². The summed E-state index contributed by atoms with van der Waals surface area (Å²) in [7, 11) is 0. The molecule has 74 valence electrons. The first-order valence-corrected chi connectivity index (χ1v) is 5.28. The molecule has 1 fully saturated rings. The summed E-state index contributed by atoms with van der Waals surface area (Å²) in [6.45, 7) is 8.73. The highest BCUT2D eigenvalue weighted by atomic mass is 15.2. The molecule has 0 saturated carbocycles. The van der Waals surface area contributed by atoms with E-state index in [2.05, 4.69) is 24.8 Å². The lowest BCUT2D eigenvalue weighted by molar-refractivity contribution is 0.106. The summed E-state index contributed by atoms with van der Waals surface area (Å²) >= 11 is 0. The first-order chi connectivity index (χ1) is 6.15.